The van der Waals surface area contributed by atoms with Crippen LogP contribution < -0.4 is 5.32 Å². The van der Waals surface area contributed by atoms with Crippen LogP contribution in [0.5, 0.6) is 0 Å². The third-order valence-electron chi connectivity index (χ3n) is 4.72. The van der Waals surface area contributed by atoms with E-state index in [9.17, 15) is 4.79 Å². The molecular formula is C23H17N5OS. The van der Waals surface area contributed by atoms with Crippen LogP contribution in [0, 0.1) is 0 Å². The molecule has 0 aliphatic rings. The standard InChI is InChI=1S/C23H17N5OS/c29-20(24-18-12-6-4-10-16(18)15-8-2-1-3-9-15)14-30-23-26-22-21(27-28-23)17-11-5-7-13-19(17)25-22/h1-13H,14H2,(H,24,29)(H,25,26,28). The summed E-state index contributed by atoms with van der Waals surface area (Å²) in [5.41, 5.74) is 5.18. The minimum Gasteiger partial charge on any atom is -0.338 e. The third-order valence-corrected chi connectivity index (χ3v) is 5.56. The quantitative estimate of drug-likeness (QED) is 0.402. The van der Waals surface area contributed by atoms with Crippen LogP contribution in [0.2, 0.25) is 0 Å². The van der Waals surface area contributed by atoms with Crippen LogP contribution >= 0.6 is 11.8 Å². The van der Waals surface area contributed by atoms with Crippen molar-refractivity contribution in [1.82, 2.24) is 20.2 Å². The fraction of sp³-hybridized carbons (Fsp3) is 0.0435. The second-order valence-corrected chi connectivity index (χ2v) is 7.65. The molecule has 2 N–H and O–H groups in total. The van der Waals surface area contributed by atoms with Gasteiger partial charge in [-0.15, -0.1) is 10.2 Å². The number of nitrogens with zero attached hydrogens (tertiary/aromatic N) is 3. The Morgan fingerprint density at radius 1 is 0.900 bits per heavy atom. The van der Waals surface area contributed by atoms with Crippen LogP contribution in [0.1, 0.15) is 0 Å². The summed E-state index contributed by atoms with van der Waals surface area (Å²) in [6.07, 6.45) is 0. The number of hydrogen-bond donors (Lipinski definition) is 2. The fourth-order valence-electron chi connectivity index (χ4n) is 3.34. The molecule has 0 radical (unpaired) electrons. The Morgan fingerprint density at radius 2 is 1.67 bits per heavy atom. The molecule has 146 valence electrons. The second-order valence-electron chi connectivity index (χ2n) is 6.71. The fourth-order valence-corrected chi connectivity index (χ4v) is 3.93. The lowest BCUT2D eigenvalue weighted by Crippen LogP contribution is -2.15. The van der Waals surface area contributed by atoms with Gasteiger partial charge in [0.15, 0.2) is 5.65 Å². The minimum atomic E-state index is -0.122. The summed E-state index contributed by atoms with van der Waals surface area (Å²) < 4.78 is 0. The number of benzene rings is 3. The van der Waals surface area contributed by atoms with Crippen LogP contribution in [-0.2, 0) is 4.79 Å². The average molecular weight is 411 g/mol. The molecule has 0 fully saturated rings. The van der Waals surface area contributed by atoms with Crippen LogP contribution in [0.15, 0.2) is 84.0 Å². The van der Waals surface area contributed by atoms with Gasteiger partial charge in [-0.3, -0.25) is 4.79 Å². The largest absolute Gasteiger partial charge is 0.338 e. The van der Waals surface area contributed by atoms with E-state index >= 15 is 0 Å². The molecule has 0 saturated heterocycles. The lowest BCUT2D eigenvalue weighted by molar-refractivity contribution is -0.113. The number of anilines is 1. The molecule has 3 aromatic carbocycles. The van der Waals surface area contributed by atoms with Crippen molar-refractivity contribution >= 4 is 45.4 Å². The van der Waals surface area contributed by atoms with E-state index in [0.717, 1.165) is 33.2 Å². The first-order valence-corrected chi connectivity index (χ1v) is 10.4. The summed E-state index contributed by atoms with van der Waals surface area (Å²) in [5.74, 6) is 0.0695. The number of amides is 1. The number of nitrogens with one attached hydrogen (secondary N) is 2. The zero-order valence-electron chi connectivity index (χ0n) is 15.9. The Kier molecular flexibility index (Phi) is 4.86. The highest BCUT2D eigenvalue weighted by Crippen LogP contribution is 2.28. The molecule has 7 heteroatoms. The van der Waals surface area contributed by atoms with Crippen molar-refractivity contribution in [2.75, 3.05) is 11.1 Å². The van der Waals surface area contributed by atoms with Crippen molar-refractivity contribution in [1.29, 1.82) is 0 Å². The van der Waals surface area contributed by atoms with E-state index in [1.165, 1.54) is 11.8 Å². The first-order valence-electron chi connectivity index (χ1n) is 9.46. The molecule has 5 aromatic rings. The number of carbonyl (C=O) groups excluding carboxylic acids is 1. The molecule has 30 heavy (non-hydrogen) atoms. The highest BCUT2D eigenvalue weighted by Gasteiger charge is 2.12. The van der Waals surface area contributed by atoms with Gasteiger partial charge >= 0.3 is 0 Å². The number of para-hydroxylation sites is 2. The number of thioether (sulfide) groups is 1. The summed E-state index contributed by atoms with van der Waals surface area (Å²) in [6.45, 7) is 0. The van der Waals surface area contributed by atoms with E-state index in [4.69, 9.17) is 0 Å². The van der Waals surface area contributed by atoms with Gasteiger partial charge in [-0.25, -0.2) is 4.98 Å². The lowest BCUT2D eigenvalue weighted by atomic mass is 10.0. The predicted molar refractivity (Wildman–Crippen MR) is 120 cm³/mol. The molecule has 2 heterocycles. The van der Waals surface area contributed by atoms with Crippen molar-refractivity contribution in [3.8, 4) is 11.1 Å². The zero-order valence-corrected chi connectivity index (χ0v) is 16.7. The molecule has 1 amide bonds. The maximum atomic E-state index is 12.6. The normalized spacial score (nSPS) is 11.1. The van der Waals surface area contributed by atoms with Crippen molar-refractivity contribution in [3.63, 3.8) is 0 Å². The number of aromatic nitrogens is 4. The summed E-state index contributed by atoms with van der Waals surface area (Å²) in [5, 5.41) is 12.9. The second kappa shape index (κ2) is 7.96. The van der Waals surface area contributed by atoms with Gasteiger partial charge in [0.25, 0.3) is 0 Å². The van der Waals surface area contributed by atoms with Gasteiger partial charge in [-0.2, -0.15) is 0 Å². The summed E-state index contributed by atoms with van der Waals surface area (Å²) in [4.78, 5) is 20.3. The first kappa shape index (κ1) is 18.3. The SMILES string of the molecule is O=C(CSc1nnc2c(n1)[nH]c1ccccc12)Nc1ccccc1-c1ccccc1. The molecule has 2 aromatic heterocycles. The number of rotatable bonds is 5. The summed E-state index contributed by atoms with van der Waals surface area (Å²) in [7, 11) is 0. The Hall–Kier alpha value is -3.71. The molecule has 0 unspecified atom stereocenters. The van der Waals surface area contributed by atoms with Gasteiger partial charge < -0.3 is 10.3 Å². The van der Waals surface area contributed by atoms with Crippen molar-refractivity contribution in [2.24, 2.45) is 0 Å². The molecule has 0 saturated carbocycles. The first-order chi connectivity index (χ1) is 14.8. The van der Waals surface area contributed by atoms with Crippen molar-refractivity contribution < 1.29 is 4.79 Å². The van der Waals surface area contributed by atoms with E-state index in [1.54, 1.807) is 0 Å². The smallest absolute Gasteiger partial charge is 0.234 e. The highest BCUT2D eigenvalue weighted by molar-refractivity contribution is 7.99. The number of H-pyrrole nitrogens is 1. The number of hydrogen-bond acceptors (Lipinski definition) is 5. The van der Waals surface area contributed by atoms with Crippen LogP contribution in [0.4, 0.5) is 5.69 Å². The zero-order chi connectivity index (χ0) is 20.3. The van der Waals surface area contributed by atoms with Crippen molar-refractivity contribution in [2.45, 2.75) is 5.16 Å². The Balaban J connectivity index is 1.31. The Labute approximate surface area is 176 Å². The predicted octanol–water partition coefficient (Wildman–Crippen LogP) is 4.90. The highest BCUT2D eigenvalue weighted by atomic mass is 32.2. The van der Waals surface area contributed by atoms with Gasteiger partial charge in [0, 0.05) is 22.2 Å². The molecular weight excluding hydrogens is 394 g/mol. The molecule has 0 spiro atoms. The molecule has 0 atom stereocenters. The lowest BCUT2D eigenvalue weighted by Gasteiger charge is -2.11. The third kappa shape index (κ3) is 3.62. The topological polar surface area (TPSA) is 83.6 Å². The van der Waals surface area contributed by atoms with E-state index < -0.39 is 0 Å². The molecule has 6 nitrogen and oxygen atoms in total. The van der Waals surface area contributed by atoms with E-state index in [-0.39, 0.29) is 11.7 Å². The molecule has 5 rings (SSSR count). The number of fused-ring (bicyclic) bond motifs is 3. The van der Waals surface area contributed by atoms with Crippen LogP contribution in [0.3, 0.4) is 0 Å². The molecule has 0 bridgehead atoms. The minimum absolute atomic E-state index is 0.122. The van der Waals surface area contributed by atoms with Crippen LogP contribution in [0.25, 0.3) is 33.2 Å². The Morgan fingerprint density at radius 3 is 2.57 bits per heavy atom. The van der Waals surface area contributed by atoms with E-state index in [0.29, 0.717) is 10.8 Å². The van der Waals surface area contributed by atoms with Crippen LogP contribution in [-0.4, -0.2) is 31.8 Å². The van der Waals surface area contributed by atoms with E-state index in [2.05, 4.69) is 25.5 Å². The number of carbonyl (C=O) groups is 1. The van der Waals surface area contributed by atoms with Gasteiger partial charge in [-0.1, -0.05) is 78.5 Å². The van der Waals surface area contributed by atoms with Gasteiger partial charge in [0.2, 0.25) is 11.1 Å². The van der Waals surface area contributed by atoms with E-state index in [1.807, 2.05) is 78.9 Å². The monoisotopic (exact) mass is 411 g/mol. The average Bonchev–Trinajstić information content (AvgIpc) is 3.16. The van der Waals surface area contributed by atoms with Gasteiger partial charge in [0.1, 0.15) is 5.52 Å². The summed E-state index contributed by atoms with van der Waals surface area (Å²) >= 11 is 1.26. The summed E-state index contributed by atoms with van der Waals surface area (Å²) in [6, 6.07) is 25.6. The molecule has 0 aliphatic carbocycles. The number of aromatic amines is 1. The van der Waals surface area contributed by atoms with Gasteiger partial charge in [0.05, 0.1) is 5.75 Å². The van der Waals surface area contributed by atoms with Crippen molar-refractivity contribution in [3.05, 3.63) is 78.9 Å². The van der Waals surface area contributed by atoms with Gasteiger partial charge in [-0.05, 0) is 17.7 Å². The maximum Gasteiger partial charge on any atom is 0.234 e. The Bertz CT molecular complexity index is 1350. The maximum absolute atomic E-state index is 12.6. The molecule has 0 aliphatic heterocycles.